The SMILES string of the molecule is C=[N+]([PH-])[C@@H](C)CC. The third-order valence-electron chi connectivity index (χ3n) is 1.12. The molecule has 0 unspecified atom stereocenters. The smallest absolute Gasteiger partial charge is 0.118 e. The summed E-state index contributed by atoms with van der Waals surface area (Å²) in [4.78, 5) is 0. The summed E-state index contributed by atoms with van der Waals surface area (Å²) in [5.74, 6) is 0. The minimum Gasteiger partial charge on any atom is -0.399 e. The molecule has 0 bridgehead atoms. The summed E-state index contributed by atoms with van der Waals surface area (Å²) in [5, 5.41) is 0. The van der Waals surface area contributed by atoms with Gasteiger partial charge in [-0.05, 0) is 6.92 Å². The van der Waals surface area contributed by atoms with Gasteiger partial charge in [0.2, 0.25) is 0 Å². The summed E-state index contributed by atoms with van der Waals surface area (Å²) in [6.07, 6.45) is 1.13. The second kappa shape index (κ2) is 3.15. The minimum atomic E-state index is 0.539. The van der Waals surface area contributed by atoms with Gasteiger partial charge in [-0.1, -0.05) is 6.92 Å². The van der Waals surface area contributed by atoms with Gasteiger partial charge >= 0.3 is 0 Å². The third-order valence-corrected chi connectivity index (χ3v) is 1.56. The lowest BCUT2D eigenvalue weighted by molar-refractivity contribution is -0.388. The van der Waals surface area contributed by atoms with Crippen LogP contribution in [0.4, 0.5) is 0 Å². The molecule has 0 aliphatic rings. The van der Waals surface area contributed by atoms with Crippen LogP contribution >= 0.6 is 9.39 Å². The predicted octanol–water partition coefficient (Wildman–Crippen LogP) is 1.56. The fraction of sp³-hybridized carbons (Fsp3) is 0.800. The maximum absolute atomic E-state index is 3.66. The highest BCUT2D eigenvalue weighted by molar-refractivity contribution is 7.08. The van der Waals surface area contributed by atoms with Crippen molar-refractivity contribution >= 4 is 16.1 Å². The van der Waals surface area contributed by atoms with Gasteiger partial charge in [-0.25, -0.2) is 9.39 Å². The molecule has 0 saturated heterocycles. The maximum Gasteiger partial charge on any atom is 0.118 e. The monoisotopic (exact) mass is 117 g/mol. The number of hydrogen-bond acceptors (Lipinski definition) is 0. The van der Waals surface area contributed by atoms with Crippen molar-refractivity contribution in [3.8, 4) is 0 Å². The molecular weight excluding hydrogens is 105 g/mol. The van der Waals surface area contributed by atoms with Gasteiger partial charge in [-0.3, -0.25) is 0 Å². The molecule has 0 amide bonds. The topological polar surface area (TPSA) is 3.01 Å². The van der Waals surface area contributed by atoms with Gasteiger partial charge in [0.15, 0.2) is 0 Å². The first kappa shape index (κ1) is 7.10. The Kier molecular flexibility index (Phi) is 3.19. The molecule has 0 aliphatic carbocycles. The summed E-state index contributed by atoms with van der Waals surface area (Å²) in [5.41, 5.74) is 0. The van der Waals surface area contributed by atoms with Crippen LogP contribution in [0.1, 0.15) is 20.3 Å². The average molecular weight is 117 g/mol. The lowest BCUT2D eigenvalue weighted by Crippen LogP contribution is -2.09. The van der Waals surface area contributed by atoms with Crippen LogP contribution in [0.3, 0.4) is 0 Å². The second-order valence-electron chi connectivity index (χ2n) is 1.73. The van der Waals surface area contributed by atoms with E-state index in [-0.39, 0.29) is 0 Å². The highest BCUT2D eigenvalue weighted by atomic mass is 31.0. The molecule has 0 aromatic heterocycles. The average Bonchev–Trinajstić information content (AvgIpc) is 1.65. The molecule has 0 saturated carbocycles. The van der Waals surface area contributed by atoms with E-state index in [0.717, 1.165) is 6.42 Å². The molecule has 0 aromatic rings. The van der Waals surface area contributed by atoms with E-state index >= 15 is 0 Å². The summed E-state index contributed by atoms with van der Waals surface area (Å²) in [6, 6.07) is 0.539. The first-order chi connectivity index (χ1) is 3.18. The van der Waals surface area contributed by atoms with Crippen molar-refractivity contribution in [1.82, 2.24) is 0 Å². The van der Waals surface area contributed by atoms with Gasteiger partial charge in [0.1, 0.15) is 6.04 Å². The van der Waals surface area contributed by atoms with Crippen LogP contribution in [0.2, 0.25) is 0 Å². The molecule has 42 valence electrons. The minimum absolute atomic E-state index is 0.539. The first-order valence-corrected chi connectivity index (χ1v) is 2.94. The molecule has 0 aromatic carbocycles. The Labute approximate surface area is 47.7 Å². The van der Waals surface area contributed by atoms with Gasteiger partial charge in [0, 0.05) is 6.42 Å². The van der Waals surface area contributed by atoms with Crippen LogP contribution in [0.15, 0.2) is 0 Å². The molecular formula is C5H12NP. The van der Waals surface area contributed by atoms with Crippen LogP contribution in [0.25, 0.3) is 0 Å². The van der Waals surface area contributed by atoms with Crippen LogP contribution in [-0.4, -0.2) is 17.1 Å². The molecule has 7 heavy (non-hydrogen) atoms. The Balaban J connectivity index is 3.34. The van der Waals surface area contributed by atoms with Crippen molar-refractivity contribution in [2.45, 2.75) is 26.3 Å². The molecule has 0 radical (unpaired) electrons. The van der Waals surface area contributed by atoms with Crippen LogP contribution < -0.4 is 0 Å². The molecule has 0 heterocycles. The third kappa shape index (κ3) is 2.76. The first-order valence-electron chi connectivity index (χ1n) is 2.49. The Morgan fingerprint density at radius 3 is 2.29 bits per heavy atom. The van der Waals surface area contributed by atoms with Crippen LogP contribution in [0.5, 0.6) is 0 Å². The lowest BCUT2D eigenvalue weighted by Gasteiger charge is -2.08. The fourth-order valence-electron chi connectivity index (χ4n) is 0.220. The summed E-state index contributed by atoms with van der Waals surface area (Å²) in [7, 11) is 3.27. The number of nitrogens with zero attached hydrogens (tertiary/aromatic N) is 1. The van der Waals surface area contributed by atoms with Crippen LogP contribution in [-0.2, 0) is 0 Å². The fourth-order valence-corrected chi connectivity index (χ4v) is 0.403. The zero-order valence-corrected chi connectivity index (χ0v) is 5.94. The van der Waals surface area contributed by atoms with Gasteiger partial charge in [-0.2, -0.15) is 0 Å². The number of hydrogen-bond donors (Lipinski definition) is 0. The van der Waals surface area contributed by atoms with E-state index in [0.29, 0.717) is 6.04 Å². The second-order valence-corrected chi connectivity index (χ2v) is 2.30. The van der Waals surface area contributed by atoms with E-state index in [2.05, 4.69) is 30.0 Å². The van der Waals surface area contributed by atoms with Crippen molar-refractivity contribution in [1.29, 1.82) is 0 Å². The van der Waals surface area contributed by atoms with Gasteiger partial charge in [0.05, 0.1) is 6.72 Å². The summed E-state index contributed by atoms with van der Waals surface area (Å²) >= 11 is 0. The lowest BCUT2D eigenvalue weighted by atomic mass is 10.3. The van der Waals surface area contributed by atoms with E-state index in [4.69, 9.17) is 0 Å². The van der Waals surface area contributed by atoms with E-state index in [1.54, 1.807) is 4.35 Å². The quantitative estimate of drug-likeness (QED) is 0.381. The van der Waals surface area contributed by atoms with E-state index < -0.39 is 0 Å². The Bertz CT molecular complexity index is 70.5. The number of rotatable bonds is 2. The maximum atomic E-state index is 3.66. The van der Waals surface area contributed by atoms with Gasteiger partial charge < -0.3 is 4.35 Å². The summed E-state index contributed by atoms with van der Waals surface area (Å²) < 4.78 is 1.78. The highest BCUT2D eigenvalue weighted by Crippen LogP contribution is 1.97. The zero-order chi connectivity index (χ0) is 5.86. The molecule has 2 heteroatoms. The van der Waals surface area contributed by atoms with Crippen LogP contribution in [0, 0.1) is 0 Å². The molecule has 0 rings (SSSR count). The highest BCUT2D eigenvalue weighted by Gasteiger charge is 1.95. The van der Waals surface area contributed by atoms with E-state index in [1.807, 2.05) is 0 Å². The standard InChI is InChI=1S/C5H12NP/c1-4-5(2)6(3)7/h5,7H,3-4H2,1-2H3/t5-/m0/s1. The zero-order valence-electron chi connectivity index (χ0n) is 4.94. The largest absolute Gasteiger partial charge is 0.399 e. The molecule has 0 N–H and O–H groups in total. The van der Waals surface area contributed by atoms with Gasteiger partial charge in [0.25, 0.3) is 0 Å². The Hall–Kier alpha value is 0.100. The van der Waals surface area contributed by atoms with Crippen molar-refractivity contribution in [3.05, 3.63) is 0 Å². The normalized spacial score (nSPS) is 13.6. The molecule has 0 spiro atoms. The van der Waals surface area contributed by atoms with Crippen molar-refractivity contribution in [3.63, 3.8) is 0 Å². The molecule has 1 atom stereocenters. The molecule has 0 aliphatic heterocycles. The van der Waals surface area contributed by atoms with Crippen molar-refractivity contribution in [2.75, 3.05) is 0 Å². The van der Waals surface area contributed by atoms with E-state index in [9.17, 15) is 0 Å². The Morgan fingerprint density at radius 2 is 2.29 bits per heavy atom. The van der Waals surface area contributed by atoms with Crippen molar-refractivity contribution < 1.29 is 4.35 Å². The van der Waals surface area contributed by atoms with E-state index in [1.165, 1.54) is 0 Å². The van der Waals surface area contributed by atoms with Gasteiger partial charge in [-0.15, -0.1) is 0 Å². The molecule has 0 fully saturated rings. The van der Waals surface area contributed by atoms with Crippen molar-refractivity contribution in [2.24, 2.45) is 0 Å². The predicted molar refractivity (Wildman–Crippen MR) is 35.4 cm³/mol. The molecule has 1 nitrogen and oxygen atoms in total. The Morgan fingerprint density at radius 1 is 1.86 bits per heavy atom. The summed E-state index contributed by atoms with van der Waals surface area (Å²) in [6.45, 7) is 7.90.